The summed E-state index contributed by atoms with van der Waals surface area (Å²) in [5.41, 5.74) is 2.04. The minimum atomic E-state index is -2.68. The average Bonchev–Trinajstić information content (AvgIpc) is 2.63. The molecule has 1 saturated heterocycles. The van der Waals surface area contributed by atoms with Crippen molar-refractivity contribution >= 4 is 24.9 Å². The van der Waals surface area contributed by atoms with Crippen molar-refractivity contribution < 1.29 is 19.4 Å². The first-order valence-corrected chi connectivity index (χ1v) is 9.64. The lowest BCUT2D eigenvalue weighted by molar-refractivity contribution is -0.160. The van der Waals surface area contributed by atoms with E-state index in [4.69, 9.17) is 5.11 Å². The molecule has 6 nitrogen and oxygen atoms in total. The fraction of sp³-hybridized carbons (Fsp3) is 0.316. The molecule has 0 saturated carbocycles. The molecule has 1 fully saturated rings. The fourth-order valence-corrected chi connectivity index (χ4v) is 2.95. The van der Waals surface area contributed by atoms with Crippen molar-refractivity contribution in [3.05, 3.63) is 59.7 Å². The second-order valence-electron chi connectivity index (χ2n) is 6.11. The van der Waals surface area contributed by atoms with Crippen LogP contribution in [0.2, 0.25) is 0 Å². The number of carbonyl (C=O) groups excluding carboxylic acids is 1. The summed E-state index contributed by atoms with van der Waals surface area (Å²) in [6, 6.07) is 13.3. The van der Waals surface area contributed by atoms with Crippen molar-refractivity contribution in [2.75, 3.05) is 18.4 Å². The zero-order valence-corrected chi connectivity index (χ0v) is 15.5. The minimum Gasteiger partial charge on any atom is -0.591 e. The lowest BCUT2D eigenvalue weighted by atomic mass is 10.1. The molecule has 1 heterocycles. The maximum Gasteiger partial charge on any atom is 0.348 e. The molecule has 0 spiro atoms. The second-order valence-corrected chi connectivity index (χ2v) is 7.14. The van der Waals surface area contributed by atoms with E-state index in [-0.39, 0.29) is 17.3 Å². The molecule has 0 radical (unpaired) electrons. The molecule has 1 aliphatic heterocycles. The van der Waals surface area contributed by atoms with Gasteiger partial charge in [-0.15, -0.1) is 0 Å². The highest BCUT2D eigenvalue weighted by Gasteiger charge is 2.12. The molecular weight excluding hydrogens is 351 g/mol. The summed E-state index contributed by atoms with van der Waals surface area (Å²) in [7, 11) is -2.68. The quantitative estimate of drug-likeness (QED) is 0.710. The molecule has 138 valence electrons. The van der Waals surface area contributed by atoms with Gasteiger partial charge in [0.2, 0.25) is 0 Å². The number of carbonyl (C=O) groups is 1. The van der Waals surface area contributed by atoms with Gasteiger partial charge in [0, 0.05) is 17.3 Å². The summed E-state index contributed by atoms with van der Waals surface area (Å²) in [4.78, 5) is 22.9. The van der Waals surface area contributed by atoms with Gasteiger partial charge in [0.15, 0.2) is 5.30 Å². The Morgan fingerprint density at radius 3 is 2.46 bits per heavy atom. The van der Waals surface area contributed by atoms with Gasteiger partial charge in [-0.3, -0.25) is 4.79 Å². The average molecular weight is 374 g/mol. The number of benzene rings is 2. The van der Waals surface area contributed by atoms with E-state index in [1.54, 1.807) is 18.2 Å². The number of hydrogen-bond donors (Lipinski definition) is 3. The first kappa shape index (κ1) is 20.2. The van der Waals surface area contributed by atoms with Crippen molar-refractivity contribution in [1.29, 1.82) is 0 Å². The topological polar surface area (TPSA) is 101 Å². The van der Waals surface area contributed by atoms with E-state index in [0.29, 0.717) is 11.3 Å². The van der Waals surface area contributed by atoms with E-state index in [1.807, 2.05) is 25.1 Å². The molecule has 0 aromatic heterocycles. The molecule has 1 unspecified atom stereocenters. The van der Waals surface area contributed by atoms with Crippen molar-refractivity contribution in [2.45, 2.75) is 25.9 Å². The molecule has 2 aromatic carbocycles. The maximum absolute atomic E-state index is 12.0. The number of piperidine rings is 1. The molecule has 7 heteroatoms. The summed E-state index contributed by atoms with van der Waals surface area (Å²) in [6.45, 7) is 3.90. The van der Waals surface area contributed by atoms with Crippen LogP contribution in [0.15, 0.2) is 48.5 Å². The molecule has 0 bridgehead atoms. The SMILES string of the molecule is Cc1cccc(NC(=O)c2cccc([P+](=O)[O-])c2)c1.OC1CCNCC1. The third kappa shape index (κ3) is 6.65. The van der Waals surface area contributed by atoms with Crippen LogP contribution >= 0.6 is 8.03 Å². The van der Waals surface area contributed by atoms with Crippen LogP contribution in [-0.2, 0) is 4.57 Å². The zero-order valence-electron chi connectivity index (χ0n) is 14.6. The van der Waals surface area contributed by atoms with Gasteiger partial charge < -0.3 is 20.6 Å². The standard InChI is InChI=1S/C14H12NO3P.C5H11NO/c1-10-4-2-6-12(8-10)15-14(16)11-5-3-7-13(9-11)19(17)18;7-5-1-3-6-4-2-5/h2-9H,1H3,(H,15,16);5-7H,1-4H2. The van der Waals surface area contributed by atoms with Gasteiger partial charge >= 0.3 is 8.03 Å². The van der Waals surface area contributed by atoms with Crippen LogP contribution in [-0.4, -0.2) is 30.2 Å². The third-order valence-electron chi connectivity index (χ3n) is 3.90. The monoisotopic (exact) mass is 374 g/mol. The second kappa shape index (κ2) is 10.1. The lowest BCUT2D eigenvalue weighted by Crippen LogP contribution is -2.30. The lowest BCUT2D eigenvalue weighted by Gasteiger charge is -2.16. The molecule has 2 aromatic rings. The zero-order chi connectivity index (χ0) is 18.9. The summed E-state index contributed by atoms with van der Waals surface area (Å²) >= 11 is 0. The Labute approximate surface area is 154 Å². The number of amides is 1. The Kier molecular flexibility index (Phi) is 7.88. The highest BCUT2D eigenvalue weighted by molar-refractivity contribution is 7.45. The maximum atomic E-state index is 12.0. The van der Waals surface area contributed by atoms with E-state index in [0.717, 1.165) is 31.5 Å². The summed E-state index contributed by atoms with van der Waals surface area (Å²) in [5.74, 6) is -0.329. The summed E-state index contributed by atoms with van der Waals surface area (Å²) < 4.78 is 10.9. The van der Waals surface area contributed by atoms with E-state index >= 15 is 0 Å². The number of anilines is 1. The summed E-state index contributed by atoms with van der Waals surface area (Å²) in [6.07, 6.45) is 1.83. The van der Waals surface area contributed by atoms with Gasteiger partial charge in [0.1, 0.15) is 0 Å². The molecule has 3 N–H and O–H groups in total. The number of nitrogens with one attached hydrogen (secondary N) is 2. The van der Waals surface area contributed by atoms with Crippen LogP contribution in [0.3, 0.4) is 0 Å². The molecule has 0 aliphatic carbocycles. The Balaban J connectivity index is 0.000000290. The summed E-state index contributed by atoms with van der Waals surface area (Å²) in [5, 5.41) is 14.9. The highest BCUT2D eigenvalue weighted by Crippen LogP contribution is 2.13. The van der Waals surface area contributed by atoms with E-state index < -0.39 is 8.03 Å². The number of aliphatic hydroxyl groups excluding tert-OH is 1. The number of hydrogen-bond acceptors (Lipinski definition) is 5. The molecule has 26 heavy (non-hydrogen) atoms. The van der Waals surface area contributed by atoms with Crippen LogP contribution in [0.1, 0.15) is 28.8 Å². The Bertz CT molecular complexity index is 761. The van der Waals surface area contributed by atoms with Crippen molar-refractivity contribution in [3.8, 4) is 0 Å². The number of aryl methyl sites for hydroxylation is 1. The normalized spacial score (nSPS) is 14.8. The van der Waals surface area contributed by atoms with E-state index in [2.05, 4.69) is 10.6 Å². The molecule has 1 aliphatic rings. The molecular formula is C19H23N2O4P. The smallest absolute Gasteiger partial charge is 0.348 e. The van der Waals surface area contributed by atoms with Crippen LogP contribution in [0.25, 0.3) is 0 Å². The van der Waals surface area contributed by atoms with Gasteiger partial charge in [0.25, 0.3) is 5.91 Å². The Morgan fingerprint density at radius 1 is 1.19 bits per heavy atom. The van der Waals surface area contributed by atoms with Crippen molar-refractivity contribution in [2.24, 2.45) is 0 Å². The van der Waals surface area contributed by atoms with Gasteiger partial charge in [-0.1, -0.05) is 22.8 Å². The van der Waals surface area contributed by atoms with Gasteiger partial charge in [-0.05, 0) is 62.7 Å². The van der Waals surface area contributed by atoms with E-state index in [1.165, 1.54) is 12.1 Å². The molecule has 1 atom stereocenters. The van der Waals surface area contributed by atoms with E-state index in [9.17, 15) is 14.3 Å². The predicted octanol–water partition coefficient (Wildman–Crippen LogP) is 1.71. The number of rotatable bonds is 3. The molecule has 3 rings (SSSR count). The predicted molar refractivity (Wildman–Crippen MR) is 101 cm³/mol. The highest BCUT2D eigenvalue weighted by atomic mass is 31.1. The van der Waals surface area contributed by atoms with Gasteiger partial charge in [0.05, 0.1) is 6.10 Å². The first-order valence-electron chi connectivity index (χ1n) is 8.47. The largest absolute Gasteiger partial charge is 0.591 e. The number of aliphatic hydroxyl groups is 1. The van der Waals surface area contributed by atoms with Crippen molar-refractivity contribution in [3.63, 3.8) is 0 Å². The van der Waals surface area contributed by atoms with Crippen LogP contribution in [0.4, 0.5) is 5.69 Å². The minimum absolute atomic E-state index is 0.0266. The van der Waals surface area contributed by atoms with Gasteiger partial charge in [-0.2, -0.15) is 0 Å². The Hall–Kier alpha value is -2.11. The third-order valence-corrected chi connectivity index (χ3v) is 4.60. The Morgan fingerprint density at radius 2 is 1.88 bits per heavy atom. The molecule has 1 amide bonds. The van der Waals surface area contributed by atoms with Crippen LogP contribution in [0, 0.1) is 6.92 Å². The fourth-order valence-electron chi connectivity index (χ4n) is 2.49. The van der Waals surface area contributed by atoms with Crippen molar-refractivity contribution in [1.82, 2.24) is 5.32 Å². The van der Waals surface area contributed by atoms with Crippen LogP contribution < -0.4 is 20.8 Å². The van der Waals surface area contributed by atoms with Crippen LogP contribution in [0.5, 0.6) is 0 Å². The van der Waals surface area contributed by atoms with Gasteiger partial charge in [-0.25, -0.2) is 0 Å². The first-order chi connectivity index (χ1) is 12.5.